The highest BCUT2D eigenvalue weighted by Gasteiger charge is 2.02. The van der Waals surface area contributed by atoms with Crippen molar-refractivity contribution in [2.24, 2.45) is 5.73 Å². The molecule has 0 saturated heterocycles. The van der Waals surface area contributed by atoms with Crippen molar-refractivity contribution >= 4 is 5.91 Å². The Bertz CT molecular complexity index is 143. The minimum absolute atomic E-state index is 0.0850. The lowest BCUT2D eigenvalue weighted by Crippen LogP contribution is -2.13. The molecule has 0 bridgehead atoms. The maximum absolute atomic E-state index is 11.8. The van der Waals surface area contributed by atoms with E-state index in [1.54, 1.807) is 0 Å². The van der Waals surface area contributed by atoms with Gasteiger partial charge in [0.05, 0.1) is 6.33 Å². The van der Waals surface area contributed by atoms with Crippen LogP contribution >= 0.6 is 0 Å². The number of halogens is 1. The summed E-state index contributed by atoms with van der Waals surface area (Å²) in [5.74, 6) is -0.657. The Hall–Kier alpha value is -0.860. The molecule has 0 spiro atoms. The van der Waals surface area contributed by atoms with Crippen LogP contribution in [0.5, 0.6) is 0 Å². The molecule has 0 heterocycles. The first-order valence-corrected chi connectivity index (χ1v) is 3.31. The highest BCUT2D eigenvalue weighted by Crippen LogP contribution is 2.06. The molecular weight excluding hydrogens is 133 g/mol. The maximum atomic E-state index is 11.8. The molecule has 0 aromatic heterocycles. The van der Waals surface area contributed by atoms with Crippen LogP contribution in [0.2, 0.25) is 0 Å². The Morgan fingerprint density at radius 3 is 2.60 bits per heavy atom. The predicted octanol–water partition coefficient (Wildman–Crippen LogP) is 1.52. The van der Waals surface area contributed by atoms with E-state index in [-0.39, 0.29) is 11.9 Å². The highest BCUT2D eigenvalue weighted by atomic mass is 19.1. The molecule has 0 aliphatic rings. The van der Waals surface area contributed by atoms with Crippen molar-refractivity contribution in [3.05, 3.63) is 11.9 Å². The van der Waals surface area contributed by atoms with Gasteiger partial charge in [0.25, 0.3) is 0 Å². The first-order chi connectivity index (χ1) is 4.72. The number of amides is 1. The van der Waals surface area contributed by atoms with Gasteiger partial charge in [0.2, 0.25) is 5.91 Å². The molecular formula is C7H12FNO. The van der Waals surface area contributed by atoms with Crippen molar-refractivity contribution in [1.29, 1.82) is 0 Å². The second-order valence-electron chi connectivity index (χ2n) is 2.10. The molecule has 1 amide bonds. The molecule has 58 valence electrons. The molecule has 0 aromatic carbocycles. The third-order valence-corrected chi connectivity index (χ3v) is 1.25. The lowest BCUT2D eigenvalue weighted by atomic mass is 10.1. The zero-order chi connectivity index (χ0) is 7.98. The van der Waals surface area contributed by atoms with Crippen LogP contribution in [0.3, 0.4) is 0 Å². The summed E-state index contributed by atoms with van der Waals surface area (Å²) in [6.45, 7) is 1.97. The number of carbonyl (C=O) groups is 1. The molecule has 2 nitrogen and oxygen atoms in total. The second kappa shape index (κ2) is 4.97. The Morgan fingerprint density at radius 2 is 2.30 bits per heavy atom. The minimum Gasteiger partial charge on any atom is -0.366 e. The van der Waals surface area contributed by atoms with Gasteiger partial charge in [0.1, 0.15) is 0 Å². The van der Waals surface area contributed by atoms with Crippen molar-refractivity contribution < 1.29 is 9.18 Å². The summed E-state index contributed by atoms with van der Waals surface area (Å²) in [7, 11) is 0. The van der Waals surface area contributed by atoms with Crippen LogP contribution in [-0.4, -0.2) is 5.91 Å². The van der Waals surface area contributed by atoms with Crippen molar-refractivity contribution in [3.63, 3.8) is 0 Å². The van der Waals surface area contributed by atoms with Crippen molar-refractivity contribution in [2.45, 2.75) is 26.2 Å². The van der Waals surface area contributed by atoms with Crippen LogP contribution in [0.1, 0.15) is 26.2 Å². The lowest BCUT2D eigenvalue weighted by Gasteiger charge is -1.96. The van der Waals surface area contributed by atoms with Gasteiger partial charge in [-0.05, 0) is 12.8 Å². The quantitative estimate of drug-likeness (QED) is 0.599. The van der Waals surface area contributed by atoms with Crippen molar-refractivity contribution in [3.8, 4) is 0 Å². The summed E-state index contributed by atoms with van der Waals surface area (Å²) in [5.41, 5.74) is 4.93. The molecule has 0 atom stereocenters. The first kappa shape index (κ1) is 9.14. The summed E-state index contributed by atoms with van der Waals surface area (Å²) < 4.78 is 11.8. The Kier molecular flexibility index (Phi) is 4.54. The minimum atomic E-state index is -0.657. The van der Waals surface area contributed by atoms with Gasteiger partial charge < -0.3 is 5.73 Å². The molecule has 0 fully saturated rings. The topological polar surface area (TPSA) is 43.1 Å². The van der Waals surface area contributed by atoms with E-state index in [1.165, 1.54) is 0 Å². The third kappa shape index (κ3) is 3.22. The number of rotatable bonds is 4. The molecule has 0 aromatic rings. The van der Waals surface area contributed by atoms with Gasteiger partial charge in [-0.2, -0.15) is 0 Å². The van der Waals surface area contributed by atoms with Crippen molar-refractivity contribution in [1.82, 2.24) is 0 Å². The van der Waals surface area contributed by atoms with Crippen molar-refractivity contribution in [2.75, 3.05) is 0 Å². The molecule has 0 unspecified atom stereocenters. The lowest BCUT2D eigenvalue weighted by molar-refractivity contribution is -0.114. The highest BCUT2D eigenvalue weighted by molar-refractivity contribution is 5.91. The van der Waals surface area contributed by atoms with Crippen LogP contribution in [-0.2, 0) is 4.79 Å². The summed E-state index contributed by atoms with van der Waals surface area (Å²) in [6, 6.07) is 0. The molecule has 2 N–H and O–H groups in total. The molecule has 0 radical (unpaired) electrons. The van der Waals surface area contributed by atoms with E-state index < -0.39 is 5.91 Å². The number of unbranched alkanes of at least 4 members (excludes halogenated alkanes) is 1. The molecule has 0 saturated carbocycles. The predicted molar refractivity (Wildman–Crippen MR) is 37.9 cm³/mol. The largest absolute Gasteiger partial charge is 0.366 e. The zero-order valence-electron chi connectivity index (χ0n) is 6.06. The smallest absolute Gasteiger partial charge is 0.246 e. The monoisotopic (exact) mass is 145 g/mol. The Balaban J connectivity index is 3.74. The van der Waals surface area contributed by atoms with E-state index in [9.17, 15) is 9.18 Å². The average Bonchev–Trinajstić information content (AvgIpc) is 1.89. The number of primary amides is 1. The number of carbonyl (C=O) groups excluding carboxylic acids is 1. The summed E-state index contributed by atoms with van der Waals surface area (Å²) in [6.07, 6.45) is 2.48. The normalized spacial score (nSPS) is 11.6. The average molecular weight is 145 g/mol. The Morgan fingerprint density at radius 1 is 1.70 bits per heavy atom. The maximum Gasteiger partial charge on any atom is 0.246 e. The fourth-order valence-electron chi connectivity index (χ4n) is 0.599. The van der Waals surface area contributed by atoms with Gasteiger partial charge in [-0.1, -0.05) is 13.3 Å². The third-order valence-electron chi connectivity index (χ3n) is 1.25. The van der Waals surface area contributed by atoms with Gasteiger partial charge in [-0.3, -0.25) is 4.79 Å². The van der Waals surface area contributed by atoms with E-state index >= 15 is 0 Å². The SMILES string of the molecule is CCCCC(=CF)C(N)=O. The number of hydrogen-bond acceptors (Lipinski definition) is 1. The summed E-state index contributed by atoms with van der Waals surface area (Å²) in [4.78, 5) is 10.4. The van der Waals surface area contributed by atoms with Gasteiger partial charge in [0.15, 0.2) is 0 Å². The summed E-state index contributed by atoms with van der Waals surface area (Å²) in [5, 5.41) is 0. The van der Waals surface area contributed by atoms with Gasteiger partial charge >= 0.3 is 0 Å². The van der Waals surface area contributed by atoms with E-state index in [2.05, 4.69) is 0 Å². The number of nitrogens with two attached hydrogens (primary N) is 1. The second-order valence-corrected chi connectivity index (χ2v) is 2.10. The van der Waals surface area contributed by atoms with Crippen LogP contribution < -0.4 is 5.73 Å². The number of hydrogen-bond donors (Lipinski definition) is 1. The van der Waals surface area contributed by atoms with Crippen LogP contribution in [0.4, 0.5) is 4.39 Å². The fraction of sp³-hybridized carbons (Fsp3) is 0.571. The van der Waals surface area contributed by atoms with Crippen LogP contribution in [0, 0.1) is 0 Å². The van der Waals surface area contributed by atoms with Gasteiger partial charge in [-0.25, -0.2) is 4.39 Å². The standard InChI is InChI=1S/C7H12FNO/c1-2-3-4-6(5-8)7(9)10/h5H,2-4H2,1H3,(H2,9,10). The van der Waals surface area contributed by atoms with E-state index in [4.69, 9.17) is 5.73 Å². The Labute approximate surface area is 59.9 Å². The molecule has 0 aliphatic carbocycles. The van der Waals surface area contributed by atoms with E-state index in [0.717, 1.165) is 12.8 Å². The molecule has 3 heteroatoms. The van der Waals surface area contributed by atoms with Gasteiger partial charge in [0, 0.05) is 5.57 Å². The van der Waals surface area contributed by atoms with E-state index in [0.29, 0.717) is 6.42 Å². The zero-order valence-corrected chi connectivity index (χ0v) is 6.06. The van der Waals surface area contributed by atoms with Gasteiger partial charge in [-0.15, -0.1) is 0 Å². The summed E-state index contributed by atoms with van der Waals surface area (Å²) >= 11 is 0. The fourth-order valence-corrected chi connectivity index (χ4v) is 0.599. The first-order valence-electron chi connectivity index (χ1n) is 3.31. The van der Waals surface area contributed by atoms with E-state index in [1.807, 2.05) is 6.92 Å². The molecule has 0 aliphatic heterocycles. The molecule has 0 rings (SSSR count). The van der Waals surface area contributed by atoms with Crippen LogP contribution in [0.15, 0.2) is 11.9 Å². The van der Waals surface area contributed by atoms with Crippen LogP contribution in [0.25, 0.3) is 0 Å². The molecule has 10 heavy (non-hydrogen) atoms.